The second-order valence-corrected chi connectivity index (χ2v) is 7.13. The zero-order valence-electron chi connectivity index (χ0n) is 14.7. The van der Waals surface area contributed by atoms with E-state index in [1.807, 2.05) is 6.92 Å². The highest BCUT2D eigenvalue weighted by atomic mass is 32.3. The van der Waals surface area contributed by atoms with Gasteiger partial charge in [0.2, 0.25) is 5.95 Å². The number of aryl methyl sites for hydroxylation is 1. The van der Waals surface area contributed by atoms with Gasteiger partial charge < -0.3 is 10.2 Å². The predicted molar refractivity (Wildman–Crippen MR) is 97.6 cm³/mol. The van der Waals surface area contributed by atoms with E-state index in [0.717, 1.165) is 31.5 Å². The van der Waals surface area contributed by atoms with Crippen molar-refractivity contribution in [2.75, 3.05) is 23.3 Å². The van der Waals surface area contributed by atoms with Gasteiger partial charge in [0.05, 0.1) is 0 Å². The van der Waals surface area contributed by atoms with Gasteiger partial charge in [-0.3, -0.25) is 0 Å². The van der Waals surface area contributed by atoms with E-state index < -0.39 is 10.2 Å². The Hall–Kier alpha value is -2.22. The van der Waals surface area contributed by atoms with Crippen LogP contribution in [0, 0.1) is 6.92 Å². The molecule has 0 unspecified atom stereocenters. The van der Waals surface area contributed by atoms with Crippen molar-refractivity contribution in [1.82, 2.24) is 9.97 Å². The molecule has 2 rings (SSSR count). The molecular formula is C17H23FN4O2S. The summed E-state index contributed by atoms with van der Waals surface area (Å²) in [6, 6.07) is 5.59. The summed E-state index contributed by atoms with van der Waals surface area (Å²) in [6.45, 7) is 7.75. The van der Waals surface area contributed by atoms with E-state index >= 15 is 0 Å². The highest BCUT2D eigenvalue weighted by Crippen LogP contribution is 2.23. The minimum Gasteiger partial charge on any atom is -0.341 e. The third kappa shape index (κ3) is 5.12. The van der Waals surface area contributed by atoms with Gasteiger partial charge in [-0.2, -0.15) is 13.4 Å². The lowest BCUT2D eigenvalue weighted by Gasteiger charge is -2.22. The summed E-state index contributed by atoms with van der Waals surface area (Å²) in [5.74, 6) is 1.18. The van der Waals surface area contributed by atoms with Crippen LogP contribution < -0.4 is 10.2 Å². The standard InChI is InChI=1S/C17H23FN4O2S/c1-4-9-22(10-5-2)17-19-12-13(3)16(21-17)20-14-7-6-8-15(11-14)25(18,23)24/h6-8,11-12H,4-5,9-10H2,1-3H3,(H,19,20,21). The molecule has 0 aliphatic rings. The number of hydrogen-bond donors (Lipinski definition) is 1. The van der Waals surface area contributed by atoms with Crippen LogP contribution in [0.15, 0.2) is 35.4 Å². The molecule has 0 saturated carbocycles. The molecule has 1 N–H and O–H groups in total. The van der Waals surface area contributed by atoms with Crippen LogP contribution in [0.1, 0.15) is 32.3 Å². The lowest BCUT2D eigenvalue weighted by molar-refractivity contribution is 0.552. The Balaban J connectivity index is 2.32. The minimum absolute atomic E-state index is 0.386. The zero-order chi connectivity index (χ0) is 18.4. The molecule has 0 aliphatic carbocycles. The molecule has 0 radical (unpaired) electrons. The molecule has 1 aromatic heterocycles. The zero-order valence-corrected chi connectivity index (χ0v) is 15.5. The van der Waals surface area contributed by atoms with Gasteiger partial charge in [-0.25, -0.2) is 4.98 Å². The number of nitrogens with zero attached hydrogens (tertiary/aromatic N) is 3. The molecule has 1 aromatic carbocycles. The molecule has 2 aromatic rings. The molecule has 0 aliphatic heterocycles. The summed E-state index contributed by atoms with van der Waals surface area (Å²) in [7, 11) is -4.75. The summed E-state index contributed by atoms with van der Waals surface area (Å²) in [4.78, 5) is 10.7. The van der Waals surface area contributed by atoms with E-state index in [4.69, 9.17) is 0 Å². The van der Waals surface area contributed by atoms with Gasteiger partial charge in [0.1, 0.15) is 10.7 Å². The first-order chi connectivity index (χ1) is 11.8. The highest BCUT2D eigenvalue weighted by molar-refractivity contribution is 7.86. The minimum atomic E-state index is -4.75. The number of nitrogens with one attached hydrogen (secondary N) is 1. The summed E-state index contributed by atoms with van der Waals surface area (Å²) in [5.41, 5.74) is 1.26. The molecule has 6 nitrogen and oxygen atoms in total. The van der Waals surface area contributed by atoms with Crippen molar-refractivity contribution >= 4 is 27.7 Å². The monoisotopic (exact) mass is 366 g/mol. The summed E-state index contributed by atoms with van der Waals surface area (Å²) >= 11 is 0. The van der Waals surface area contributed by atoms with Crippen molar-refractivity contribution in [3.8, 4) is 0 Å². The number of halogens is 1. The maximum absolute atomic E-state index is 13.2. The second-order valence-electron chi connectivity index (χ2n) is 5.78. The molecule has 136 valence electrons. The van der Waals surface area contributed by atoms with Gasteiger partial charge in [-0.05, 0) is 38.0 Å². The van der Waals surface area contributed by atoms with Crippen molar-refractivity contribution in [2.24, 2.45) is 0 Å². The van der Waals surface area contributed by atoms with Crippen LogP contribution in [0.2, 0.25) is 0 Å². The Morgan fingerprint density at radius 3 is 2.48 bits per heavy atom. The van der Waals surface area contributed by atoms with Crippen molar-refractivity contribution in [3.05, 3.63) is 36.0 Å². The topological polar surface area (TPSA) is 75.2 Å². The third-order valence-electron chi connectivity index (χ3n) is 3.61. The molecule has 0 saturated heterocycles. The Bertz CT molecular complexity index is 821. The van der Waals surface area contributed by atoms with Crippen LogP contribution in [0.3, 0.4) is 0 Å². The Morgan fingerprint density at radius 2 is 1.88 bits per heavy atom. The van der Waals surface area contributed by atoms with E-state index in [2.05, 4.69) is 34.0 Å². The van der Waals surface area contributed by atoms with Gasteiger partial charge in [0, 0.05) is 30.5 Å². The molecule has 0 amide bonds. The second kappa shape index (κ2) is 8.24. The van der Waals surface area contributed by atoms with Crippen molar-refractivity contribution in [3.63, 3.8) is 0 Å². The maximum Gasteiger partial charge on any atom is 0.332 e. The fourth-order valence-electron chi connectivity index (χ4n) is 2.43. The van der Waals surface area contributed by atoms with Crippen LogP contribution in [-0.4, -0.2) is 31.5 Å². The van der Waals surface area contributed by atoms with E-state index in [1.165, 1.54) is 18.2 Å². The molecule has 0 spiro atoms. The first-order valence-electron chi connectivity index (χ1n) is 8.25. The average molecular weight is 366 g/mol. The fraction of sp³-hybridized carbons (Fsp3) is 0.412. The highest BCUT2D eigenvalue weighted by Gasteiger charge is 2.14. The fourth-order valence-corrected chi connectivity index (χ4v) is 2.93. The van der Waals surface area contributed by atoms with Crippen molar-refractivity contribution in [2.45, 2.75) is 38.5 Å². The lowest BCUT2D eigenvalue weighted by Crippen LogP contribution is -2.27. The predicted octanol–water partition coefficient (Wildman–Crippen LogP) is 3.81. The Kier molecular flexibility index (Phi) is 6.30. The third-order valence-corrected chi connectivity index (χ3v) is 4.42. The van der Waals surface area contributed by atoms with E-state index in [1.54, 1.807) is 12.3 Å². The normalized spacial score (nSPS) is 11.4. The molecule has 1 heterocycles. The smallest absolute Gasteiger partial charge is 0.332 e. The summed E-state index contributed by atoms with van der Waals surface area (Å²) in [6.07, 6.45) is 3.69. The average Bonchev–Trinajstić information content (AvgIpc) is 2.56. The molecule has 25 heavy (non-hydrogen) atoms. The molecule has 0 fully saturated rings. The van der Waals surface area contributed by atoms with Gasteiger partial charge in [0.25, 0.3) is 0 Å². The first kappa shape index (κ1) is 19.1. The van der Waals surface area contributed by atoms with E-state index in [0.29, 0.717) is 17.5 Å². The van der Waals surface area contributed by atoms with Crippen molar-refractivity contribution in [1.29, 1.82) is 0 Å². The number of anilines is 3. The number of benzene rings is 1. The van der Waals surface area contributed by atoms with Gasteiger partial charge in [0.15, 0.2) is 0 Å². The number of aromatic nitrogens is 2. The van der Waals surface area contributed by atoms with E-state index in [-0.39, 0.29) is 4.90 Å². The van der Waals surface area contributed by atoms with Gasteiger partial charge >= 0.3 is 10.2 Å². The Labute approximate surface area is 148 Å². The summed E-state index contributed by atoms with van der Waals surface area (Å²) < 4.78 is 35.3. The van der Waals surface area contributed by atoms with Crippen LogP contribution in [-0.2, 0) is 10.2 Å². The van der Waals surface area contributed by atoms with Crippen LogP contribution >= 0.6 is 0 Å². The summed E-state index contributed by atoms with van der Waals surface area (Å²) in [5, 5.41) is 3.06. The van der Waals surface area contributed by atoms with Crippen molar-refractivity contribution < 1.29 is 12.3 Å². The van der Waals surface area contributed by atoms with E-state index in [9.17, 15) is 12.3 Å². The largest absolute Gasteiger partial charge is 0.341 e. The molecule has 0 atom stereocenters. The number of rotatable bonds is 8. The van der Waals surface area contributed by atoms with Crippen LogP contribution in [0.5, 0.6) is 0 Å². The number of hydrogen-bond acceptors (Lipinski definition) is 6. The molecule has 8 heteroatoms. The molecule has 0 bridgehead atoms. The quantitative estimate of drug-likeness (QED) is 0.716. The van der Waals surface area contributed by atoms with Gasteiger partial charge in [-0.15, -0.1) is 3.89 Å². The van der Waals surface area contributed by atoms with Crippen LogP contribution in [0.4, 0.5) is 21.3 Å². The maximum atomic E-state index is 13.2. The first-order valence-corrected chi connectivity index (χ1v) is 9.63. The van der Waals surface area contributed by atoms with Gasteiger partial charge in [-0.1, -0.05) is 19.9 Å². The molecular weight excluding hydrogens is 343 g/mol. The SMILES string of the molecule is CCCN(CCC)c1ncc(C)c(Nc2cccc(S(=O)(=O)F)c2)n1. The lowest BCUT2D eigenvalue weighted by atomic mass is 10.3. The Morgan fingerprint density at radius 1 is 1.20 bits per heavy atom. The van der Waals surface area contributed by atoms with Crippen LogP contribution in [0.25, 0.3) is 0 Å².